The van der Waals surface area contributed by atoms with Crippen LogP contribution in [0.25, 0.3) is 0 Å². The second kappa shape index (κ2) is 4.23. The van der Waals surface area contributed by atoms with Crippen LogP contribution in [-0.2, 0) is 9.47 Å². The van der Waals surface area contributed by atoms with Gasteiger partial charge in [-0.05, 0) is 24.2 Å². The molecular formula is C16H26O6. The van der Waals surface area contributed by atoms with Crippen LogP contribution in [-0.4, -0.2) is 62.8 Å². The normalized spacial score (nSPS) is 62.6. The minimum absolute atomic E-state index is 0.0492. The molecule has 0 aromatic carbocycles. The van der Waals surface area contributed by atoms with Crippen LogP contribution in [0.3, 0.4) is 0 Å². The second-order valence-corrected chi connectivity index (χ2v) is 8.37. The first-order valence-electron chi connectivity index (χ1n) is 8.22. The molecule has 22 heavy (non-hydrogen) atoms. The Kier molecular flexibility index (Phi) is 2.94. The molecule has 0 radical (unpaired) electrons. The summed E-state index contributed by atoms with van der Waals surface area (Å²) in [4.78, 5) is 0. The van der Waals surface area contributed by atoms with Crippen molar-refractivity contribution in [3.63, 3.8) is 0 Å². The van der Waals surface area contributed by atoms with Gasteiger partial charge in [0.05, 0.1) is 0 Å². The summed E-state index contributed by atoms with van der Waals surface area (Å²) in [5.74, 6) is -0.373. The first-order chi connectivity index (χ1) is 10.1. The van der Waals surface area contributed by atoms with Crippen LogP contribution < -0.4 is 0 Å². The smallest absolute Gasteiger partial charge is 0.175 e. The van der Waals surface area contributed by atoms with E-state index in [2.05, 4.69) is 20.8 Å². The summed E-state index contributed by atoms with van der Waals surface area (Å²) in [5.41, 5.74) is -0.162. The summed E-state index contributed by atoms with van der Waals surface area (Å²) in [5, 5.41) is 40.3. The van der Waals surface area contributed by atoms with Gasteiger partial charge in [0.1, 0.15) is 36.6 Å². The van der Waals surface area contributed by atoms with E-state index in [1.54, 1.807) is 0 Å². The molecule has 0 aromatic rings. The summed E-state index contributed by atoms with van der Waals surface area (Å²) in [6.07, 6.45) is -4.13. The van der Waals surface area contributed by atoms with Crippen LogP contribution in [0.4, 0.5) is 0 Å². The molecule has 3 aliphatic carbocycles. The molecule has 4 rings (SSSR count). The van der Waals surface area contributed by atoms with Crippen LogP contribution in [0, 0.1) is 16.7 Å². The first kappa shape index (κ1) is 15.3. The molecule has 6 heteroatoms. The Morgan fingerprint density at radius 1 is 0.818 bits per heavy atom. The molecule has 0 amide bonds. The minimum Gasteiger partial charge on any atom is -0.387 e. The Morgan fingerprint density at radius 3 is 1.68 bits per heavy atom. The molecule has 0 aromatic heterocycles. The highest BCUT2D eigenvalue weighted by molar-refractivity contribution is 5.19. The molecule has 9 atom stereocenters. The van der Waals surface area contributed by atoms with Crippen molar-refractivity contribution in [3.8, 4) is 0 Å². The second-order valence-electron chi connectivity index (χ2n) is 8.37. The SMILES string of the molecule is CC1(C)[C@@H]2CC[C@@]1(C)C1(C2)O[C@@H]2[C@@H](O)[C@H](O)[C@@H](O)[C@H](O)[C@@H]2O1. The quantitative estimate of drug-likeness (QED) is 0.493. The van der Waals surface area contributed by atoms with Crippen LogP contribution in [0.15, 0.2) is 0 Å². The molecule has 1 saturated heterocycles. The predicted molar refractivity (Wildman–Crippen MR) is 75.7 cm³/mol. The van der Waals surface area contributed by atoms with Gasteiger partial charge in [0.2, 0.25) is 0 Å². The summed E-state index contributed by atoms with van der Waals surface area (Å²) in [7, 11) is 0. The number of hydrogen-bond acceptors (Lipinski definition) is 6. The van der Waals surface area contributed by atoms with E-state index >= 15 is 0 Å². The Morgan fingerprint density at radius 2 is 1.32 bits per heavy atom. The fourth-order valence-electron chi connectivity index (χ4n) is 5.46. The molecule has 4 N–H and O–H groups in total. The third kappa shape index (κ3) is 1.47. The number of rotatable bonds is 0. The monoisotopic (exact) mass is 314 g/mol. The lowest BCUT2D eigenvalue weighted by Gasteiger charge is -2.45. The molecule has 3 saturated carbocycles. The van der Waals surface area contributed by atoms with Gasteiger partial charge in [-0.3, -0.25) is 0 Å². The van der Waals surface area contributed by atoms with Crippen LogP contribution in [0.2, 0.25) is 0 Å². The Bertz CT molecular complexity index is 471. The topological polar surface area (TPSA) is 99.4 Å². The summed E-state index contributed by atoms with van der Waals surface area (Å²) < 4.78 is 12.4. The van der Waals surface area contributed by atoms with Gasteiger partial charge < -0.3 is 29.9 Å². The third-order valence-corrected chi connectivity index (χ3v) is 7.49. The maximum atomic E-state index is 10.2. The molecule has 1 unspecified atom stereocenters. The largest absolute Gasteiger partial charge is 0.387 e. The number of aliphatic hydroxyl groups excluding tert-OH is 4. The van der Waals surface area contributed by atoms with Gasteiger partial charge in [-0.15, -0.1) is 0 Å². The number of fused-ring (bicyclic) bond motifs is 4. The minimum atomic E-state index is -1.42. The van der Waals surface area contributed by atoms with E-state index in [9.17, 15) is 20.4 Å². The molecular weight excluding hydrogens is 288 g/mol. The zero-order valence-corrected chi connectivity index (χ0v) is 13.3. The van der Waals surface area contributed by atoms with Crippen molar-refractivity contribution in [3.05, 3.63) is 0 Å². The Hall–Kier alpha value is -0.240. The average molecular weight is 314 g/mol. The fourth-order valence-corrected chi connectivity index (χ4v) is 5.46. The maximum Gasteiger partial charge on any atom is 0.175 e. The van der Waals surface area contributed by atoms with E-state index < -0.39 is 42.4 Å². The molecule has 126 valence electrons. The molecule has 2 bridgehead atoms. The standard InChI is InChI=1S/C16H26O6/c1-14(2)7-4-5-15(14,3)16(6-7)21-12-10(19)8(17)9(18)11(20)13(12)22-16/h7-13,17-20H,4-6H2,1-3H3/t7-,8-,9-,10+,11+,12-,13+,15-,16?/m1/s1. The molecule has 6 nitrogen and oxygen atoms in total. The van der Waals surface area contributed by atoms with E-state index in [1.165, 1.54) is 0 Å². The van der Waals surface area contributed by atoms with E-state index in [0.29, 0.717) is 5.92 Å². The summed E-state index contributed by atoms with van der Waals surface area (Å²) >= 11 is 0. The van der Waals surface area contributed by atoms with Gasteiger partial charge in [-0.1, -0.05) is 20.8 Å². The molecule has 4 aliphatic rings. The van der Waals surface area contributed by atoms with Crippen molar-refractivity contribution < 1.29 is 29.9 Å². The van der Waals surface area contributed by atoms with Crippen LogP contribution in [0.1, 0.15) is 40.0 Å². The lowest BCUT2D eigenvalue weighted by molar-refractivity contribution is -0.256. The average Bonchev–Trinajstić information content (AvgIpc) is 3.01. The van der Waals surface area contributed by atoms with Gasteiger partial charge in [0.25, 0.3) is 0 Å². The van der Waals surface area contributed by atoms with Crippen molar-refractivity contribution in [1.29, 1.82) is 0 Å². The van der Waals surface area contributed by atoms with Gasteiger partial charge in [-0.2, -0.15) is 0 Å². The van der Waals surface area contributed by atoms with Gasteiger partial charge >= 0.3 is 0 Å². The zero-order valence-electron chi connectivity index (χ0n) is 13.3. The van der Waals surface area contributed by atoms with Crippen molar-refractivity contribution >= 4 is 0 Å². The molecule has 4 fully saturated rings. The number of ether oxygens (including phenoxy) is 2. The van der Waals surface area contributed by atoms with Gasteiger partial charge in [0, 0.05) is 11.8 Å². The van der Waals surface area contributed by atoms with Crippen molar-refractivity contribution in [1.82, 2.24) is 0 Å². The van der Waals surface area contributed by atoms with E-state index in [0.717, 1.165) is 19.3 Å². The number of hydrogen-bond donors (Lipinski definition) is 4. The Labute approximate surface area is 130 Å². The Balaban J connectivity index is 1.71. The lowest BCUT2D eigenvalue weighted by atomic mass is 9.68. The highest BCUT2D eigenvalue weighted by Gasteiger charge is 2.75. The van der Waals surface area contributed by atoms with Crippen molar-refractivity contribution in [2.45, 2.75) is 82.4 Å². The predicted octanol–water partition coefficient (Wildman–Crippen LogP) is -0.230. The fraction of sp³-hybridized carbons (Fsp3) is 1.00. The van der Waals surface area contributed by atoms with Crippen LogP contribution >= 0.6 is 0 Å². The summed E-state index contributed by atoms with van der Waals surface area (Å²) in [6.45, 7) is 6.61. The lowest BCUT2D eigenvalue weighted by Crippen LogP contribution is -2.62. The summed E-state index contributed by atoms with van der Waals surface area (Å²) in [6, 6.07) is 0. The molecule has 1 spiro atoms. The first-order valence-corrected chi connectivity index (χ1v) is 8.22. The van der Waals surface area contributed by atoms with E-state index in [4.69, 9.17) is 9.47 Å². The number of aliphatic hydroxyl groups is 4. The highest BCUT2D eigenvalue weighted by Crippen LogP contribution is 2.72. The maximum absolute atomic E-state index is 10.2. The third-order valence-electron chi connectivity index (χ3n) is 7.49. The zero-order chi connectivity index (χ0) is 16.1. The molecule has 1 aliphatic heterocycles. The highest BCUT2D eigenvalue weighted by atomic mass is 16.8. The van der Waals surface area contributed by atoms with Crippen molar-refractivity contribution in [2.75, 3.05) is 0 Å². The van der Waals surface area contributed by atoms with Crippen LogP contribution in [0.5, 0.6) is 0 Å². The van der Waals surface area contributed by atoms with E-state index in [1.807, 2.05) is 0 Å². The van der Waals surface area contributed by atoms with Crippen molar-refractivity contribution in [2.24, 2.45) is 16.7 Å². The van der Waals surface area contributed by atoms with Gasteiger partial charge in [-0.25, -0.2) is 0 Å². The molecule has 1 heterocycles. The van der Waals surface area contributed by atoms with E-state index in [-0.39, 0.29) is 10.8 Å². The van der Waals surface area contributed by atoms with Gasteiger partial charge in [0.15, 0.2) is 5.79 Å².